The molecule has 7 heteroatoms. The molecule has 27 heavy (non-hydrogen) atoms. The van der Waals surface area contributed by atoms with Crippen LogP contribution in [0, 0.1) is 12.7 Å². The predicted octanol–water partition coefficient (Wildman–Crippen LogP) is 3.93. The van der Waals surface area contributed by atoms with Crippen molar-refractivity contribution in [3.63, 3.8) is 0 Å². The number of guanidine groups is 1. The van der Waals surface area contributed by atoms with Gasteiger partial charge in [-0.15, -0.1) is 24.0 Å². The van der Waals surface area contributed by atoms with E-state index in [4.69, 9.17) is 0 Å². The molecule has 3 N–H and O–H groups in total. The molecule has 0 aliphatic heterocycles. The van der Waals surface area contributed by atoms with E-state index in [-0.39, 0.29) is 29.8 Å². The molecule has 0 fully saturated rings. The number of nitrogens with one attached hydrogen (secondary N) is 3. The zero-order valence-electron chi connectivity index (χ0n) is 15.6. The Bertz CT molecular complexity index is 873. The molecule has 0 saturated heterocycles. The SMILES string of the molecule is CCNC(=NCc1ccc(F)c(C)c1)NCCc1nc2ccccc2[nH]1.I. The van der Waals surface area contributed by atoms with Crippen molar-refractivity contribution in [1.29, 1.82) is 0 Å². The first-order valence-corrected chi connectivity index (χ1v) is 8.86. The summed E-state index contributed by atoms with van der Waals surface area (Å²) in [5.74, 6) is 1.50. The third-order valence-corrected chi connectivity index (χ3v) is 4.08. The lowest BCUT2D eigenvalue weighted by atomic mass is 10.1. The van der Waals surface area contributed by atoms with Gasteiger partial charge in [0, 0.05) is 19.5 Å². The second kappa shape index (κ2) is 10.2. The van der Waals surface area contributed by atoms with Crippen molar-refractivity contribution in [2.45, 2.75) is 26.8 Å². The Kier molecular flexibility index (Phi) is 8.02. The number of para-hydroxylation sites is 2. The maximum Gasteiger partial charge on any atom is 0.191 e. The Hall–Kier alpha value is -2.16. The topological polar surface area (TPSA) is 65.1 Å². The van der Waals surface area contributed by atoms with Gasteiger partial charge in [0.25, 0.3) is 0 Å². The fraction of sp³-hybridized carbons (Fsp3) is 0.300. The first kappa shape index (κ1) is 21.1. The molecule has 0 amide bonds. The molecule has 0 unspecified atom stereocenters. The first-order valence-electron chi connectivity index (χ1n) is 8.86. The number of halogens is 2. The molecule has 0 aliphatic carbocycles. The lowest BCUT2D eigenvalue weighted by molar-refractivity contribution is 0.617. The molecular weight excluding hydrogens is 456 g/mol. The fourth-order valence-corrected chi connectivity index (χ4v) is 2.74. The summed E-state index contributed by atoms with van der Waals surface area (Å²) in [5.41, 5.74) is 3.66. The van der Waals surface area contributed by atoms with Crippen LogP contribution in [0.4, 0.5) is 4.39 Å². The van der Waals surface area contributed by atoms with Crippen molar-refractivity contribution in [2.75, 3.05) is 13.1 Å². The zero-order chi connectivity index (χ0) is 18.4. The van der Waals surface area contributed by atoms with Gasteiger partial charge in [-0.2, -0.15) is 0 Å². The van der Waals surface area contributed by atoms with Crippen molar-refractivity contribution in [3.8, 4) is 0 Å². The van der Waals surface area contributed by atoms with Gasteiger partial charge in [0.05, 0.1) is 17.6 Å². The summed E-state index contributed by atoms with van der Waals surface area (Å²) >= 11 is 0. The number of hydrogen-bond acceptors (Lipinski definition) is 2. The summed E-state index contributed by atoms with van der Waals surface area (Å²) in [6.45, 7) is 5.78. The lowest BCUT2D eigenvalue weighted by Crippen LogP contribution is -2.38. The minimum atomic E-state index is -0.186. The van der Waals surface area contributed by atoms with E-state index in [1.54, 1.807) is 13.0 Å². The maximum atomic E-state index is 13.4. The van der Waals surface area contributed by atoms with E-state index in [1.165, 1.54) is 6.07 Å². The molecule has 0 spiro atoms. The quantitative estimate of drug-likeness (QED) is 0.284. The smallest absolute Gasteiger partial charge is 0.191 e. The van der Waals surface area contributed by atoms with Crippen LogP contribution in [-0.4, -0.2) is 29.0 Å². The number of hydrogen-bond donors (Lipinski definition) is 3. The van der Waals surface area contributed by atoms with Crippen LogP contribution in [0.25, 0.3) is 11.0 Å². The van der Waals surface area contributed by atoms with Gasteiger partial charge in [0.1, 0.15) is 11.6 Å². The monoisotopic (exact) mass is 481 g/mol. The van der Waals surface area contributed by atoms with Gasteiger partial charge in [-0.3, -0.25) is 0 Å². The first-order chi connectivity index (χ1) is 12.7. The summed E-state index contributed by atoms with van der Waals surface area (Å²) in [5, 5.41) is 6.54. The average Bonchev–Trinajstić information content (AvgIpc) is 3.05. The highest BCUT2D eigenvalue weighted by molar-refractivity contribution is 14.0. The summed E-state index contributed by atoms with van der Waals surface area (Å²) in [4.78, 5) is 12.5. The number of fused-ring (bicyclic) bond motifs is 1. The van der Waals surface area contributed by atoms with Crippen molar-refractivity contribution < 1.29 is 4.39 Å². The molecule has 0 atom stereocenters. The lowest BCUT2D eigenvalue weighted by Gasteiger charge is -2.11. The number of aromatic amines is 1. The molecule has 2 aromatic carbocycles. The zero-order valence-corrected chi connectivity index (χ0v) is 17.9. The van der Waals surface area contributed by atoms with Crippen molar-refractivity contribution >= 4 is 41.0 Å². The molecule has 0 radical (unpaired) electrons. The van der Waals surface area contributed by atoms with Gasteiger partial charge in [-0.05, 0) is 43.2 Å². The minimum Gasteiger partial charge on any atom is -0.357 e. The predicted molar refractivity (Wildman–Crippen MR) is 119 cm³/mol. The number of aromatic nitrogens is 2. The van der Waals surface area contributed by atoms with Crippen molar-refractivity contribution in [3.05, 3.63) is 65.2 Å². The summed E-state index contributed by atoms with van der Waals surface area (Å²) < 4.78 is 13.4. The molecular formula is C20H25FIN5. The molecule has 0 saturated carbocycles. The fourth-order valence-electron chi connectivity index (χ4n) is 2.74. The van der Waals surface area contributed by atoms with E-state index in [0.29, 0.717) is 18.7 Å². The Labute approximate surface area is 175 Å². The number of aryl methyl sites for hydroxylation is 1. The number of aliphatic imine (C=N–C) groups is 1. The van der Waals surface area contributed by atoms with Gasteiger partial charge in [-0.25, -0.2) is 14.4 Å². The second-order valence-corrected chi connectivity index (χ2v) is 6.16. The van der Waals surface area contributed by atoms with E-state index in [9.17, 15) is 4.39 Å². The molecule has 0 bridgehead atoms. The highest BCUT2D eigenvalue weighted by Gasteiger charge is 2.03. The van der Waals surface area contributed by atoms with E-state index in [2.05, 4.69) is 25.6 Å². The summed E-state index contributed by atoms with van der Waals surface area (Å²) in [7, 11) is 0. The largest absolute Gasteiger partial charge is 0.357 e. The Morgan fingerprint density at radius 1 is 1.19 bits per heavy atom. The number of rotatable bonds is 6. The molecule has 1 aromatic heterocycles. The van der Waals surface area contributed by atoms with Crippen LogP contribution < -0.4 is 10.6 Å². The Balaban J connectivity index is 0.00000261. The van der Waals surface area contributed by atoms with Crippen molar-refractivity contribution in [1.82, 2.24) is 20.6 Å². The van der Waals surface area contributed by atoms with E-state index < -0.39 is 0 Å². The van der Waals surface area contributed by atoms with Crippen molar-refractivity contribution in [2.24, 2.45) is 4.99 Å². The van der Waals surface area contributed by atoms with E-state index in [0.717, 1.165) is 41.3 Å². The van der Waals surface area contributed by atoms with Crippen LogP contribution in [-0.2, 0) is 13.0 Å². The highest BCUT2D eigenvalue weighted by atomic mass is 127. The molecule has 3 rings (SSSR count). The van der Waals surface area contributed by atoms with Crippen LogP contribution in [0.3, 0.4) is 0 Å². The summed E-state index contributed by atoms with van der Waals surface area (Å²) in [6, 6.07) is 13.1. The van der Waals surface area contributed by atoms with E-state index in [1.807, 2.05) is 37.3 Å². The van der Waals surface area contributed by atoms with Gasteiger partial charge in [-0.1, -0.05) is 24.3 Å². The molecule has 144 valence electrons. The van der Waals surface area contributed by atoms with Gasteiger partial charge >= 0.3 is 0 Å². The van der Waals surface area contributed by atoms with Gasteiger partial charge in [0.2, 0.25) is 0 Å². The second-order valence-electron chi connectivity index (χ2n) is 6.16. The molecule has 0 aliphatic rings. The minimum absolute atomic E-state index is 0. The highest BCUT2D eigenvalue weighted by Crippen LogP contribution is 2.11. The Morgan fingerprint density at radius 2 is 2.00 bits per heavy atom. The van der Waals surface area contributed by atoms with E-state index >= 15 is 0 Å². The standard InChI is InChI=1S/C20H24FN5.HI/c1-3-22-20(24-13-15-8-9-16(21)14(2)12-15)23-11-10-19-25-17-6-4-5-7-18(17)26-19;/h4-9,12H,3,10-11,13H2,1-2H3,(H,25,26)(H2,22,23,24);1H. The van der Waals surface area contributed by atoms with Crippen LogP contribution in [0.5, 0.6) is 0 Å². The molecule has 1 heterocycles. The van der Waals surface area contributed by atoms with Crippen LogP contribution in [0.2, 0.25) is 0 Å². The number of nitrogens with zero attached hydrogens (tertiary/aromatic N) is 2. The molecule has 3 aromatic rings. The third kappa shape index (κ3) is 5.92. The molecule has 5 nitrogen and oxygen atoms in total. The van der Waals surface area contributed by atoms with Gasteiger partial charge < -0.3 is 15.6 Å². The normalized spacial score (nSPS) is 11.3. The Morgan fingerprint density at radius 3 is 2.74 bits per heavy atom. The van der Waals surface area contributed by atoms with Crippen LogP contribution in [0.15, 0.2) is 47.5 Å². The maximum absolute atomic E-state index is 13.4. The number of imidazole rings is 1. The number of H-pyrrole nitrogens is 1. The van der Waals surface area contributed by atoms with Crippen LogP contribution in [0.1, 0.15) is 23.9 Å². The van der Waals surface area contributed by atoms with Gasteiger partial charge in [0.15, 0.2) is 5.96 Å². The van der Waals surface area contributed by atoms with Crippen LogP contribution >= 0.6 is 24.0 Å². The average molecular weight is 481 g/mol. The summed E-state index contributed by atoms with van der Waals surface area (Å²) in [6.07, 6.45) is 0.773. The third-order valence-electron chi connectivity index (χ3n) is 4.08. The number of benzene rings is 2.